The van der Waals surface area contributed by atoms with E-state index in [2.05, 4.69) is 21.9 Å². The number of carbonyl (C=O) groups is 1. The summed E-state index contributed by atoms with van der Waals surface area (Å²) in [5, 5.41) is 10.5. The van der Waals surface area contributed by atoms with Gasteiger partial charge in [0.25, 0.3) is 0 Å². The van der Waals surface area contributed by atoms with E-state index in [1.165, 1.54) is 13.4 Å². The first-order valence-corrected chi connectivity index (χ1v) is 6.90. The van der Waals surface area contributed by atoms with E-state index in [0.717, 1.165) is 28.8 Å². The molecule has 1 saturated heterocycles. The minimum absolute atomic E-state index is 0.224. The number of aryl methyl sites for hydroxylation is 1. The Hall–Kier alpha value is -2.15. The molecular weight excluding hydrogens is 272 g/mol. The van der Waals surface area contributed by atoms with Gasteiger partial charge in [-0.05, 0) is 12.0 Å². The van der Waals surface area contributed by atoms with Crippen molar-refractivity contribution in [1.82, 2.24) is 15.0 Å². The maximum Gasteiger partial charge on any atom is 0.317 e. The first-order chi connectivity index (χ1) is 10.1. The first-order valence-electron chi connectivity index (χ1n) is 6.90. The third-order valence-corrected chi connectivity index (χ3v) is 4.12. The summed E-state index contributed by atoms with van der Waals surface area (Å²) < 4.78 is 4.79. The third kappa shape index (κ3) is 1.96. The number of aliphatic hydroxyl groups is 1. The molecule has 0 unspecified atom stereocenters. The van der Waals surface area contributed by atoms with Crippen molar-refractivity contribution in [1.29, 1.82) is 0 Å². The standard InChI is InChI=1S/C14H18N4O3/c1-3-9-4-15-11-10(9)12(17-8-16-11)18-5-14(6-18,7-19)13(20)21-2/h4,8,19H,3,5-7H2,1-2H3,(H,15,16,17). The normalized spacial score (nSPS) is 16.8. The second-order valence-electron chi connectivity index (χ2n) is 5.37. The number of ether oxygens (including phenoxy) is 1. The van der Waals surface area contributed by atoms with Crippen molar-refractivity contribution in [3.05, 3.63) is 18.1 Å². The van der Waals surface area contributed by atoms with E-state index in [4.69, 9.17) is 4.74 Å². The SMILES string of the molecule is CCc1c[nH]c2ncnc(N3CC(CO)(C(=O)OC)C3)c12. The van der Waals surface area contributed by atoms with Crippen molar-refractivity contribution in [2.75, 3.05) is 31.7 Å². The number of H-pyrrole nitrogens is 1. The van der Waals surface area contributed by atoms with Gasteiger partial charge >= 0.3 is 5.97 Å². The van der Waals surface area contributed by atoms with E-state index in [1.807, 2.05) is 11.1 Å². The number of esters is 1. The Morgan fingerprint density at radius 3 is 2.90 bits per heavy atom. The molecule has 1 aliphatic rings. The predicted molar refractivity (Wildman–Crippen MR) is 77.0 cm³/mol. The molecule has 112 valence electrons. The van der Waals surface area contributed by atoms with Gasteiger partial charge in [-0.25, -0.2) is 9.97 Å². The summed E-state index contributed by atoms with van der Waals surface area (Å²) >= 11 is 0. The summed E-state index contributed by atoms with van der Waals surface area (Å²) in [5.41, 5.74) is 1.09. The van der Waals surface area contributed by atoms with Crippen LogP contribution in [0.15, 0.2) is 12.5 Å². The maximum atomic E-state index is 11.8. The molecule has 3 heterocycles. The molecule has 7 heteroatoms. The van der Waals surface area contributed by atoms with Gasteiger partial charge in [0.2, 0.25) is 0 Å². The van der Waals surface area contributed by atoms with Gasteiger partial charge in [0.1, 0.15) is 23.2 Å². The predicted octanol–water partition coefficient (Wildman–Crippen LogP) is 0.492. The van der Waals surface area contributed by atoms with E-state index in [9.17, 15) is 9.90 Å². The van der Waals surface area contributed by atoms with Gasteiger partial charge in [-0.3, -0.25) is 4.79 Å². The summed E-state index contributed by atoms with van der Waals surface area (Å²) in [6.07, 6.45) is 4.31. The van der Waals surface area contributed by atoms with Gasteiger partial charge in [0, 0.05) is 19.3 Å². The summed E-state index contributed by atoms with van der Waals surface area (Å²) in [6, 6.07) is 0. The number of rotatable bonds is 4. The zero-order valence-electron chi connectivity index (χ0n) is 12.1. The second-order valence-corrected chi connectivity index (χ2v) is 5.37. The highest BCUT2D eigenvalue weighted by molar-refractivity contribution is 5.92. The molecule has 2 aromatic rings. The summed E-state index contributed by atoms with van der Waals surface area (Å²) in [6.45, 7) is 2.65. The zero-order chi connectivity index (χ0) is 15.0. The van der Waals surface area contributed by atoms with Gasteiger partial charge in [-0.2, -0.15) is 0 Å². The number of aromatic nitrogens is 3. The van der Waals surface area contributed by atoms with Crippen LogP contribution < -0.4 is 4.90 Å². The lowest BCUT2D eigenvalue weighted by Gasteiger charge is -2.47. The molecule has 0 aliphatic carbocycles. The highest BCUT2D eigenvalue weighted by atomic mass is 16.5. The lowest BCUT2D eigenvalue weighted by atomic mass is 9.80. The zero-order valence-corrected chi connectivity index (χ0v) is 12.1. The van der Waals surface area contributed by atoms with E-state index in [1.54, 1.807) is 0 Å². The average Bonchev–Trinajstić information content (AvgIpc) is 2.90. The van der Waals surface area contributed by atoms with Crippen LogP contribution >= 0.6 is 0 Å². The molecule has 0 atom stereocenters. The number of nitrogens with one attached hydrogen (secondary N) is 1. The monoisotopic (exact) mass is 290 g/mol. The first kappa shape index (κ1) is 13.8. The average molecular weight is 290 g/mol. The number of carbonyl (C=O) groups excluding carboxylic acids is 1. The minimum Gasteiger partial charge on any atom is -0.468 e. The molecule has 2 aromatic heterocycles. The van der Waals surface area contributed by atoms with Gasteiger partial charge in [-0.15, -0.1) is 0 Å². The molecule has 0 bridgehead atoms. The van der Waals surface area contributed by atoms with Crippen LogP contribution in [0.1, 0.15) is 12.5 Å². The Morgan fingerprint density at radius 1 is 1.52 bits per heavy atom. The largest absolute Gasteiger partial charge is 0.468 e. The number of aromatic amines is 1. The molecule has 1 fully saturated rings. The quantitative estimate of drug-likeness (QED) is 0.796. The van der Waals surface area contributed by atoms with E-state index < -0.39 is 5.41 Å². The molecule has 0 amide bonds. The van der Waals surface area contributed by atoms with Gasteiger partial charge in [0.05, 0.1) is 19.1 Å². The van der Waals surface area contributed by atoms with Crippen molar-refractivity contribution < 1.29 is 14.6 Å². The fraction of sp³-hybridized carbons (Fsp3) is 0.500. The van der Waals surface area contributed by atoms with Gasteiger partial charge in [0.15, 0.2) is 0 Å². The summed E-state index contributed by atoms with van der Waals surface area (Å²) in [5.74, 6) is 0.419. The van der Waals surface area contributed by atoms with Crippen LogP contribution in [0.2, 0.25) is 0 Å². The second kappa shape index (κ2) is 5.00. The summed E-state index contributed by atoms with van der Waals surface area (Å²) in [4.78, 5) is 25.5. The van der Waals surface area contributed by atoms with E-state index in [0.29, 0.717) is 13.1 Å². The number of aliphatic hydroxyl groups excluding tert-OH is 1. The topological polar surface area (TPSA) is 91.3 Å². The van der Waals surface area contributed by atoms with E-state index in [-0.39, 0.29) is 12.6 Å². The van der Waals surface area contributed by atoms with Crippen LogP contribution in [-0.4, -0.2) is 52.8 Å². The molecule has 2 N–H and O–H groups in total. The number of hydrogen-bond donors (Lipinski definition) is 2. The fourth-order valence-corrected chi connectivity index (χ4v) is 2.87. The van der Waals surface area contributed by atoms with Crippen LogP contribution in [0.25, 0.3) is 11.0 Å². The number of hydrogen-bond acceptors (Lipinski definition) is 6. The molecular formula is C14H18N4O3. The van der Waals surface area contributed by atoms with Crippen LogP contribution in [0, 0.1) is 5.41 Å². The molecule has 1 aliphatic heterocycles. The molecule has 3 rings (SSSR count). The van der Waals surface area contributed by atoms with Gasteiger partial charge in [-0.1, -0.05) is 6.92 Å². The van der Waals surface area contributed by atoms with Crippen molar-refractivity contribution >= 4 is 22.8 Å². The molecule has 0 spiro atoms. The third-order valence-electron chi connectivity index (χ3n) is 4.12. The molecule has 7 nitrogen and oxygen atoms in total. The van der Waals surface area contributed by atoms with Crippen LogP contribution in [0.4, 0.5) is 5.82 Å². The minimum atomic E-state index is -0.839. The van der Waals surface area contributed by atoms with Crippen molar-refractivity contribution in [3.63, 3.8) is 0 Å². The van der Waals surface area contributed by atoms with E-state index >= 15 is 0 Å². The Bertz CT molecular complexity index is 676. The van der Waals surface area contributed by atoms with Crippen LogP contribution in [0.3, 0.4) is 0 Å². The van der Waals surface area contributed by atoms with Crippen molar-refractivity contribution in [3.8, 4) is 0 Å². The van der Waals surface area contributed by atoms with Crippen molar-refractivity contribution in [2.45, 2.75) is 13.3 Å². The molecule has 0 saturated carbocycles. The number of methoxy groups -OCH3 is 1. The van der Waals surface area contributed by atoms with Crippen LogP contribution in [-0.2, 0) is 16.0 Å². The highest BCUT2D eigenvalue weighted by Crippen LogP contribution is 2.37. The Kier molecular flexibility index (Phi) is 3.29. The highest BCUT2D eigenvalue weighted by Gasteiger charge is 2.51. The summed E-state index contributed by atoms with van der Waals surface area (Å²) in [7, 11) is 1.34. The van der Waals surface area contributed by atoms with Crippen molar-refractivity contribution in [2.24, 2.45) is 5.41 Å². The number of nitrogens with zero attached hydrogens (tertiary/aromatic N) is 3. The van der Waals surface area contributed by atoms with Gasteiger partial charge < -0.3 is 19.7 Å². The Balaban J connectivity index is 1.94. The lowest BCUT2D eigenvalue weighted by molar-refractivity contribution is -0.157. The smallest absolute Gasteiger partial charge is 0.317 e. The lowest BCUT2D eigenvalue weighted by Crippen LogP contribution is -2.63. The fourth-order valence-electron chi connectivity index (χ4n) is 2.87. The molecule has 0 aromatic carbocycles. The number of fused-ring (bicyclic) bond motifs is 1. The number of anilines is 1. The Morgan fingerprint density at radius 2 is 2.29 bits per heavy atom. The Labute approximate surface area is 122 Å². The molecule has 0 radical (unpaired) electrons. The maximum absolute atomic E-state index is 11.8. The van der Waals surface area contributed by atoms with Crippen LogP contribution in [0.5, 0.6) is 0 Å². The molecule has 21 heavy (non-hydrogen) atoms.